The Bertz CT molecular complexity index is 829. The molecule has 0 atom stereocenters. The smallest absolute Gasteiger partial charge is 0.340 e. The first-order valence-corrected chi connectivity index (χ1v) is 7.96. The number of carbonyl (C=O) groups excluding carboxylic acids is 3. The summed E-state index contributed by atoms with van der Waals surface area (Å²) in [5.74, 6) is -1.64. The van der Waals surface area contributed by atoms with Gasteiger partial charge in [0, 0.05) is 5.69 Å². The molecule has 0 bridgehead atoms. The van der Waals surface area contributed by atoms with Crippen LogP contribution in [0.1, 0.15) is 49.4 Å². The van der Waals surface area contributed by atoms with Gasteiger partial charge in [0.25, 0.3) is 11.8 Å². The molecule has 0 saturated carbocycles. The summed E-state index contributed by atoms with van der Waals surface area (Å²) in [5, 5.41) is 0.269. The molecule has 0 aliphatic rings. The maximum atomic E-state index is 12.3. The van der Waals surface area contributed by atoms with E-state index < -0.39 is 17.8 Å². The van der Waals surface area contributed by atoms with E-state index >= 15 is 0 Å². The second-order valence-electron chi connectivity index (χ2n) is 5.23. The summed E-state index contributed by atoms with van der Waals surface area (Å²) in [4.78, 5) is 39.1. The summed E-state index contributed by atoms with van der Waals surface area (Å²) in [6.45, 7) is 5.23. The Labute approximate surface area is 149 Å². The van der Waals surface area contributed by atoms with Gasteiger partial charge in [0.2, 0.25) is 0 Å². The monoisotopic (exact) mass is 363 g/mol. The lowest BCUT2D eigenvalue weighted by Gasteiger charge is -2.08. The van der Waals surface area contributed by atoms with E-state index in [1.165, 1.54) is 6.07 Å². The topological polar surface area (TPSA) is 100 Å². The average Bonchev–Trinajstić information content (AvgIpc) is 2.87. The van der Waals surface area contributed by atoms with Crippen LogP contribution >= 0.6 is 11.6 Å². The van der Waals surface area contributed by atoms with Crippen molar-refractivity contribution >= 4 is 29.4 Å². The molecule has 1 aromatic heterocycles. The number of hydrogen-bond donors (Lipinski definition) is 3. The number of hydrogen-bond acceptors (Lipinski definition) is 4. The zero-order valence-corrected chi connectivity index (χ0v) is 14.8. The number of esters is 1. The van der Waals surface area contributed by atoms with Crippen LogP contribution in [-0.4, -0.2) is 29.4 Å². The molecule has 2 amide bonds. The largest absolute Gasteiger partial charge is 0.462 e. The number of aromatic nitrogens is 1. The van der Waals surface area contributed by atoms with Crippen LogP contribution in [0.15, 0.2) is 24.3 Å². The summed E-state index contributed by atoms with van der Waals surface area (Å²) in [7, 11) is 0. The van der Waals surface area contributed by atoms with Crippen molar-refractivity contribution in [3.05, 3.63) is 57.4 Å². The van der Waals surface area contributed by atoms with Gasteiger partial charge in [-0.05, 0) is 38.5 Å². The van der Waals surface area contributed by atoms with Gasteiger partial charge in [-0.25, -0.2) is 4.79 Å². The normalized spacial score (nSPS) is 10.2. The van der Waals surface area contributed by atoms with Crippen LogP contribution in [0.25, 0.3) is 0 Å². The lowest BCUT2D eigenvalue weighted by molar-refractivity contribution is 0.0524. The molecule has 0 unspecified atom stereocenters. The third kappa shape index (κ3) is 4.00. The van der Waals surface area contributed by atoms with Crippen LogP contribution in [0.2, 0.25) is 5.02 Å². The fraction of sp³-hybridized carbons (Fsp3) is 0.235. The Morgan fingerprint density at radius 2 is 1.76 bits per heavy atom. The molecule has 7 nitrogen and oxygen atoms in total. The zero-order valence-electron chi connectivity index (χ0n) is 14.0. The molecular weight excluding hydrogens is 346 g/mol. The van der Waals surface area contributed by atoms with Crippen LogP contribution in [0.3, 0.4) is 0 Å². The first-order chi connectivity index (χ1) is 11.9. The van der Waals surface area contributed by atoms with E-state index in [2.05, 4.69) is 15.8 Å². The third-order valence-electron chi connectivity index (χ3n) is 3.55. The quantitative estimate of drug-likeness (QED) is 0.574. The predicted molar refractivity (Wildman–Crippen MR) is 92.6 cm³/mol. The fourth-order valence-electron chi connectivity index (χ4n) is 2.38. The maximum Gasteiger partial charge on any atom is 0.340 e. The number of aromatic amines is 1. The molecule has 0 fully saturated rings. The Balaban J connectivity index is 2.12. The van der Waals surface area contributed by atoms with Crippen molar-refractivity contribution in [1.82, 2.24) is 15.8 Å². The first kappa shape index (κ1) is 18.5. The van der Waals surface area contributed by atoms with Crippen LogP contribution in [0.4, 0.5) is 0 Å². The van der Waals surface area contributed by atoms with Crippen molar-refractivity contribution < 1.29 is 19.1 Å². The minimum Gasteiger partial charge on any atom is -0.462 e. The van der Waals surface area contributed by atoms with Gasteiger partial charge >= 0.3 is 5.97 Å². The van der Waals surface area contributed by atoms with Gasteiger partial charge in [0.1, 0.15) is 5.69 Å². The van der Waals surface area contributed by atoms with Gasteiger partial charge < -0.3 is 9.72 Å². The summed E-state index contributed by atoms with van der Waals surface area (Å²) in [5.41, 5.74) is 6.25. The molecule has 0 radical (unpaired) electrons. The van der Waals surface area contributed by atoms with Gasteiger partial charge in [-0.1, -0.05) is 23.7 Å². The number of halogens is 1. The minimum absolute atomic E-state index is 0.167. The van der Waals surface area contributed by atoms with Gasteiger partial charge in [0.05, 0.1) is 22.8 Å². The number of rotatable bonds is 4. The van der Waals surface area contributed by atoms with E-state index in [1.807, 2.05) is 0 Å². The second kappa shape index (κ2) is 7.85. The van der Waals surface area contributed by atoms with Gasteiger partial charge in [-0.15, -0.1) is 0 Å². The second-order valence-corrected chi connectivity index (χ2v) is 5.64. The van der Waals surface area contributed by atoms with Crippen molar-refractivity contribution in [3.63, 3.8) is 0 Å². The Hall–Kier alpha value is -2.80. The van der Waals surface area contributed by atoms with Crippen LogP contribution in [-0.2, 0) is 4.74 Å². The Morgan fingerprint density at radius 3 is 2.40 bits per heavy atom. The number of H-pyrrole nitrogens is 1. The Morgan fingerprint density at radius 1 is 1.12 bits per heavy atom. The van der Waals surface area contributed by atoms with E-state index in [1.54, 1.807) is 39.0 Å². The van der Waals surface area contributed by atoms with Crippen LogP contribution in [0, 0.1) is 13.8 Å². The highest BCUT2D eigenvalue weighted by molar-refractivity contribution is 6.33. The van der Waals surface area contributed by atoms with Gasteiger partial charge in [-0.3, -0.25) is 20.4 Å². The number of hydrazine groups is 1. The number of benzene rings is 1. The number of amides is 2. The molecule has 0 saturated heterocycles. The molecule has 132 valence electrons. The van der Waals surface area contributed by atoms with Gasteiger partial charge in [-0.2, -0.15) is 0 Å². The van der Waals surface area contributed by atoms with Gasteiger partial charge in [0.15, 0.2) is 0 Å². The highest BCUT2D eigenvalue weighted by Gasteiger charge is 2.23. The van der Waals surface area contributed by atoms with Crippen molar-refractivity contribution in [2.45, 2.75) is 20.8 Å². The number of nitrogens with one attached hydrogen (secondary N) is 3. The minimum atomic E-state index is -0.587. The number of ether oxygens (including phenoxy) is 1. The summed E-state index contributed by atoms with van der Waals surface area (Å²) >= 11 is 5.93. The van der Waals surface area contributed by atoms with Crippen LogP contribution < -0.4 is 10.9 Å². The highest BCUT2D eigenvalue weighted by atomic mass is 35.5. The lowest BCUT2D eigenvalue weighted by atomic mass is 10.1. The van der Waals surface area contributed by atoms with Crippen molar-refractivity contribution in [3.8, 4) is 0 Å². The number of carbonyl (C=O) groups is 3. The van der Waals surface area contributed by atoms with E-state index in [-0.39, 0.29) is 22.9 Å². The summed E-state index contributed by atoms with van der Waals surface area (Å²) in [6.07, 6.45) is 0. The molecule has 0 aliphatic heterocycles. The molecule has 1 heterocycles. The maximum absolute atomic E-state index is 12.3. The highest BCUT2D eigenvalue weighted by Crippen LogP contribution is 2.19. The molecule has 1 aromatic carbocycles. The van der Waals surface area contributed by atoms with E-state index in [0.717, 1.165) is 0 Å². The van der Waals surface area contributed by atoms with E-state index in [0.29, 0.717) is 16.8 Å². The average molecular weight is 364 g/mol. The molecule has 2 aromatic rings. The molecule has 2 rings (SSSR count). The van der Waals surface area contributed by atoms with E-state index in [4.69, 9.17) is 16.3 Å². The SMILES string of the molecule is CCOC(=O)c1c(C)[nH]c(C(=O)NNC(=O)c2ccccc2Cl)c1C. The van der Waals surface area contributed by atoms with Crippen molar-refractivity contribution in [2.75, 3.05) is 6.61 Å². The Kier molecular flexibility index (Phi) is 5.82. The number of aryl methyl sites for hydroxylation is 1. The predicted octanol–water partition coefficient (Wildman–Crippen LogP) is 2.54. The molecule has 0 aliphatic carbocycles. The zero-order chi connectivity index (χ0) is 18.6. The molecule has 0 spiro atoms. The van der Waals surface area contributed by atoms with Crippen molar-refractivity contribution in [2.24, 2.45) is 0 Å². The third-order valence-corrected chi connectivity index (χ3v) is 3.88. The van der Waals surface area contributed by atoms with Crippen molar-refractivity contribution in [1.29, 1.82) is 0 Å². The first-order valence-electron chi connectivity index (χ1n) is 7.58. The van der Waals surface area contributed by atoms with E-state index in [9.17, 15) is 14.4 Å². The molecular formula is C17H18ClN3O4. The summed E-state index contributed by atoms with van der Waals surface area (Å²) < 4.78 is 4.98. The van der Waals surface area contributed by atoms with Crippen LogP contribution in [0.5, 0.6) is 0 Å². The fourth-order valence-corrected chi connectivity index (χ4v) is 2.60. The summed E-state index contributed by atoms with van der Waals surface area (Å²) in [6, 6.07) is 6.46. The molecule has 25 heavy (non-hydrogen) atoms. The lowest BCUT2D eigenvalue weighted by Crippen LogP contribution is -2.42. The standard InChI is InChI=1S/C17H18ClN3O4/c1-4-25-17(24)13-9(2)14(19-10(13)3)16(23)21-20-15(22)11-7-5-6-8-12(11)18/h5-8,19H,4H2,1-3H3,(H,20,22)(H,21,23). The molecule has 8 heteroatoms. The molecule has 3 N–H and O–H groups in total.